The van der Waals surface area contributed by atoms with E-state index in [-0.39, 0.29) is 30.1 Å². The maximum Gasteiger partial charge on any atom is 0.410 e. The molecule has 0 spiro atoms. The van der Waals surface area contributed by atoms with Crippen molar-refractivity contribution in [3.05, 3.63) is 75.3 Å². The van der Waals surface area contributed by atoms with Gasteiger partial charge in [0.2, 0.25) is 5.56 Å². The Kier molecular flexibility index (Phi) is 5.38. The van der Waals surface area contributed by atoms with Crippen molar-refractivity contribution in [3.8, 4) is 0 Å². The van der Waals surface area contributed by atoms with Crippen molar-refractivity contribution in [2.75, 3.05) is 11.4 Å². The van der Waals surface area contributed by atoms with Crippen LogP contribution in [0.25, 0.3) is 10.9 Å². The summed E-state index contributed by atoms with van der Waals surface area (Å²) in [5.74, 6) is -3.68. The molecule has 10 heteroatoms. The van der Waals surface area contributed by atoms with Crippen LogP contribution in [-0.2, 0) is 16.1 Å². The Morgan fingerprint density at radius 1 is 1.23 bits per heavy atom. The number of hydrogen-bond acceptors (Lipinski definition) is 5. The van der Waals surface area contributed by atoms with Crippen LogP contribution in [0, 0.1) is 5.82 Å². The lowest BCUT2D eigenvalue weighted by molar-refractivity contribution is -0.175. The molecule has 0 saturated carbocycles. The number of H-pyrrole nitrogens is 1. The van der Waals surface area contributed by atoms with Crippen LogP contribution >= 0.6 is 11.6 Å². The van der Waals surface area contributed by atoms with Gasteiger partial charge in [0.05, 0.1) is 0 Å². The van der Waals surface area contributed by atoms with E-state index in [0.29, 0.717) is 22.2 Å². The summed E-state index contributed by atoms with van der Waals surface area (Å²) < 4.78 is 18.4. The molecule has 0 bridgehead atoms. The predicted octanol–water partition coefficient (Wildman–Crippen LogP) is 2.67. The van der Waals surface area contributed by atoms with Crippen LogP contribution in [0.2, 0.25) is 5.02 Å². The minimum absolute atomic E-state index is 0.104. The molecule has 31 heavy (non-hydrogen) atoms. The Balaban J connectivity index is 1.44. The van der Waals surface area contributed by atoms with Gasteiger partial charge in [-0.2, -0.15) is 0 Å². The third-order valence-corrected chi connectivity index (χ3v) is 5.11. The summed E-state index contributed by atoms with van der Waals surface area (Å²) in [7, 11) is 0. The molecule has 0 radical (unpaired) electrons. The lowest BCUT2D eigenvalue weighted by atomic mass is 10.2. The topological polar surface area (TPSA) is 112 Å². The zero-order valence-corrected chi connectivity index (χ0v) is 16.8. The number of aromatic nitrogens is 1. The Labute approximate surface area is 180 Å². The van der Waals surface area contributed by atoms with E-state index in [9.17, 15) is 23.9 Å². The minimum Gasteiger partial charge on any atom is -0.407 e. The zero-order valence-electron chi connectivity index (χ0n) is 16.0. The fraction of sp³-hybridized carbons (Fsp3) is 0.190. The molecule has 3 N–H and O–H groups in total. The van der Waals surface area contributed by atoms with Crippen LogP contribution in [0.4, 0.5) is 14.9 Å². The molecule has 1 saturated heterocycles. The molecular weight excluding hydrogens is 429 g/mol. The summed E-state index contributed by atoms with van der Waals surface area (Å²) in [5.41, 5.74) is 1.24. The van der Waals surface area contributed by atoms with Gasteiger partial charge in [-0.15, -0.1) is 0 Å². The number of hydrogen-bond donors (Lipinski definition) is 3. The van der Waals surface area contributed by atoms with Gasteiger partial charge < -0.3 is 25.0 Å². The van der Waals surface area contributed by atoms with E-state index in [0.717, 1.165) is 6.07 Å². The maximum absolute atomic E-state index is 13.4. The third kappa shape index (κ3) is 4.37. The minimum atomic E-state index is -2.33. The summed E-state index contributed by atoms with van der Waals surface area (Å²) in [5, 5.41) is 13.8. The van der Waals surface area contributed by atoms with Crippen molar-refractivity contribution in [1.82, 2.24) is 10.3 Å². The van der Waals surface area contributed by atoms with Gasteiger partial charge in [-0.05, 0) is 48.0 Å². The van der Waals surface area contributed by atoms with Crippen LogP contribution in [-0.4, -0.2) is 34.4 Å². The number of carbonyl (C=O) groups is 2. The first-order valence-corrected chi connectivity index (χ1v) is 9.71. The molecule has 3 aromatic rings. The number of carbonyl (C=O) groups excluding carboxylic acids is 2. The summed E-state index contributed by atoms with van der Waals surface area (Å²) in [4.78, 5) is 40.3. The Bertz CT molecular complexity index is 1230. The number of benzene rings is 2. The fourth-order valence-corrected chi connectivity index (χ4v) is 3.65. The molecule has 2 heterocycles. The average molecular weight is 446 g/mol. The number of alkyl carbamates (subject to hydrolysis) is 1. The molecule has 0 unspecified atom stereocenters. The molecule has 1 aliphatic heterocycles. The Morgan fingerprint density at radius 2 is 2.03 bits per heavy atom. The quantitative estimate of drug-likeness (QED) is 0.534. The van der Waals surface area contributed by atoms with Gasteiger partial charge in [0.15, 0.2) is 0 Å². The van der Waals surface area contributed by atoms with E-state index in [4.69, 9.17) is 16.3 Å². The number of nitrogens with one attached hydrogen (secondary N) is 2. The Morgan fingerprint density at radius 3 is 2.81 bits per heavy atom. The SMILES string of the molecule is O=C(NCc1cc(F)cc(Cl)c1)O[C@]1(O)CCN(c2ccc3[nH]c(=O)ccc3c2)C1=O. The first-order chi connectivity index (χ1) is 14.7. The molecule has 1 aromatic heterocycles. The lowest BCUT2D eigenvalue weighted by Gasteiger charge is -2.22. The highest BCUT2D eigenvalue weighted by molar-refractivity contribution is 6.30. The van der Waals surface area contributed by atoms with Gasteiger partial charge in [-0.3, -0.25) is 9.59 Å². The number of fused-ring (bicyclic) bond motifs is 1. The number of aliphatic hydroxyl groups is 1. The van der Waals surface area contributed by atoms with E-state index in [1.54, 1.807) is 24.3 Å². The van der Waals surface area contributed by atoms with Gasteiger partial charge >= 0.3 is 6.09 Å². The van der Waals surface area contributed by atoms with Crippen molar-refractivity contribution in [3.63, 3.8) is 0 Å². The zero-order chi connectivity index (χ0) is 22.2. The number of nitrogens with zero attached hydrogens (tertiary/aromatic N) is 1. The number of anilines is 1. The molecule has 2 aromatic carbocycles. The maximum atomic E-state index is 13.4. The molecule has 8 nitrogen and oxygen atoms in total. The second kappa shape index (κ2) is 8.01. The van der Waals surface area contributed by atoms with Crippen LogP contribution in [0.1, 0.15) is 12.0 Å². The Hall–Kier alpha value is -3.43. The van der Waals surface area contributed by atoms with E-state index >= 15 is 0 Å². The van der Waals surface area contributed by atoms with Crippen molar-refractivity contribution in [2.24, 2.45) is 0 Å². The second-order valence-electron chi connectivity index (χ2n) is 7.11. The number of halogens is 2. The molecule has 4 rings (SSSR count). The second-order valence-corrected chi connectivity index (χ2v) is 7.54. The highest BCUT2D eigenvalue weighted by Gasteiger charge is 2.49. The van der Waals surface area contributed by atoms with E-state index in [2.05, 4.69) is 10.3 Å². The number of ether oxygens (including phenoxy) is 1. The molecular formula is C21H17ClFN3O5. The van der Waals surface area contributed by atoms with Crippen LogP contribution in [0.15, 0.2) is 53.3 Å². The number of pyridine rings is 1. The molecule has 2 amide bonds. The van der Waals surface area contributed by atoms with Crippen molar-refractivity contribution < 1.29 is 23.8 Å². The van der Waals surface area contributed by atoms with Gasteiger partial charge in [0.1, 0.15) is 5.82 Å². The van der Waals surface area contributed by atoms with E-state index < -0.39 is 23.6 Å². The monoisotopic (exact) mass is 445 g/mol. The summed E-state index contributed by atoms with van der Waals surface area (Å²) >= 11 is 5.77. The van der Waals surface area contributed by atoms with Crippen molar-refractivity contribution in [1.29, 1.82) is 0 Å². The molecule has 1 aliphatic rings. The summed E-state index contributed by atoms with van der Waals surface area (Å²) in [6, 6.07) is 11.7. The smallest absolute Gasteiger partial charge is 0.407 e. The molecule has 1 fully saturated rings. The van der Waals surface area contributed by atoms with Crippen molar-refractivity contribution in [2.45, 2.75) is 18.8 Å². The number of rotatable bonds is 4. The van der Waals surface area contributed by atoms with Gasteiger partial charge in [-0.1, -0.05) is 11.6 Å². The van der Waals surface area contributed by atoms with Crippen LogP contribution in [0.5, 0.6) is 0 Å². The third-order valence-electron chi connectivity index (χ3n) is 4.89. The fourth-order valence-electron chi connectivity index (χ4n) is 3.41. The van der Waals surface area contributed by atoms with Crippen molar-refractivity contribution >= 4 is 40.2 Å². The van der Waals surface area contributed by atoms with Gasteiger partial charge in [-0.25, -0.2) is 9.18 Å². The first kappa shape index (κ1) is 20.8. The van der Waals surface area contributed by atoms with Gasteiger partial charge in [0, 0.05) is 47.2 Å². The van der Waals surface area contributed by atoms with Crippen LogP contribution < -0.4 is 15.8 Å². The number of aromatic amines is 1. The standard InChI is InChI=1S/C21H17ClFN3O5/c22-14-7-12(8-15(23)10-14)11-24-20(29)31-21(30)5-6-26(19(21)28)16-2-3-17-13(9-16)1-4-18(27)25-17/h1-4,7-10,30H,5-6,11H2,(H,24,29)(H,25,27)/t21-/m1/s1. The predicted molar refractivity (Wildman–Crippen MR) is 111 cm³/mol. The lowest BCUT2D eigenvalue weighted by Crippen LogP contribution is -2.46. The number of amides is 2. The summed E-state index contributed by atoms with van der Waals surface area (Å²) in [6.45, 7) is 0.0180. The summed E-state index contributed by atoms with van der Waals surface area (Å²) in [6.07, 6.45) is -1.16. The normalized spacial score (nSPS) is 18.4. The van der Waals surface area contributed by atoms with E-state index in [1.807, 2.05) is 0 Å². The molecule has 160 valence electrons. The first-order valence-electron chi connectivity index (χ1n) is 9.33. The average Bonchev–Trinajstić information content (AvgIpc) is 3.00. The highest BCUT2D eigenvalue weighted by Crippen LogP contribution is 2.31. The largest absolute Gasteiger partial charge is 0.410 e. The van der Waals surface area contributed by atoms with Crippen LogP contribution in [0.3, 0.4) is 0 Å². The molecule has 1 atom stereocenters. The highest BCUT2D eigenvalue weighted by atomic mass is 35.5. The van der Waals surface area contributed by atoms with E-state index in [1.165, 1.54) is 23.1 Å². The molecule has 0 aliphatic carbocycles. The van der Waals surface area contributed by atoms with Gasteiger partial charge in [0.25, 0.3) is 11.7 Å².